The van der Waals surface area contributed by atoms with Gasteiger partial charge in [0, 0.05) is 41.4 Å². The molecule has 1 fully saturated rings. The average molecular weight is 485 g/mol. The first-order valence-corrected chi connectivity index (χ1v) is 11.1. The SMILES string of the molecule is COCCn1c(C)cc(C2C(c3ccccn3)NC(=S)N2c2ccc(Br)cc2)c1C. The average Bonchev–Trinajstić information content (AvgIpc) is 3.23. The van der Waals surface area contributed by atoms with Gasteiger partial charge in [0.05, 0.1) is 24.4 Å². The summed E-state index contributed by atoms with van der Waals surface area (Å²) < 4.78 is 8.68. The van der Waals surface area contributed by atoms with Gasteiger partial charge >= 0.3 is 0 Å². The molecular formula is C23H25BrN4OS. The van der Waals surface area contributed by atoms with E-state index in [1.165, 1.54) is 17.0 Å². The zero-order valence-electron chi connectivity index (χ0n) is 17.3. The molecule has 2 atom stereocenters. The number of halogens is 1. The van der Waals surface area contributed by atoms with E-state index in [1.54, 1.807) is 7.11 Å². The van der Waals surface area contributed by atoms with Gasteiger partial charge in [-0.1, -0.05) is 22.0 Å². The van der Waals surface area contributed by atoms with E-state index >= 15 is 0 Å². The van der Waals surface area contributed by atoms with Crippen molar-refractivity contribution in [1.82, 2.24) is 14.9 Å². The number of thiocarbonyl (C=S) groups is 1. The lowest BCUT2D eigenvalue weighted by Gasteiger charge is -2.28. The molecule has 2 aromatic heterocycles. The Morgan fingerprint density at radius 3 is 2.60 bits per heavy atom. The summed E-state index contributed by atoms with van der Waals surface area (Å²) in [6, 6.07) is 16.5. The molecule has 0 aliphatic carbocycles. The van der Waals surface area contributed by atoms with Crippen molar-refractivity contribution in [3.05, 3.63) is 81.8 Å². The summed E-state index contributed by atoms with van der Waals surface area (Å²) >= 11 is 9.35. The molecule has 3 heterocycles. The quantitative estimate of drug-likeness (QED) is 0.493. The number of anilines is 1. The third-order valence-corrected chi connectivity index (χ3v) is 6.50. The van der Waals surface area contributed by atoms with Crippen molar-refractivity contribution in [3.8, 4) is 0 Å². The van der Waals surface area contributed by atoms with E-state index in [2.05, 4.69) is 73.8 Å². The van der Waals surface area contributed by atoms with Gasteiger partial charge < -0.3 is 19.5 Å². The number of aromatic nitrogens is 2. The highest BCUT2D eigenvalue weighted by molar-refractivity contribution is 9.10. The van der Waals surface area contributed by atoms with E-state index in [4.69, 9.17) is 17.0 Å². The maximum absolute atomic E-state index is 5.81. The summed E-state index contributed by atoms with van der Waals surface area (Å²) in [6.07, 6.45) is 1.83. The maximum atomic E-state index is 5.81. The van der Waals surface area contributed by atoms with E-state index in [0.29, 0.717) is 11.7 Å². The van der Waals surface area contributed by atoms with E-state index in [9.17, 15) is 0 Å². The molecule has 1 N–H and O–H groups in total. The summed E-state index contributed by atoms with van der Waals surface area (Å²) in [7, 11) is 1.74. The van der Waals surface area contributed by atoms with Crippen molar-refractivity contribution in [2.24, 2.45) is 0 Å². The topological polar surface area (TPSA) is 42.3 Å². The minimum Gasteiger partial charge on any atom is -0.383 e. The van der Waals surface area contributed by atoms with Crippen LogP contribution in [0.5, 0.6) is 0 Å². The predicted octanol–water partition coefficient (Wildman–Crippen LogP) is 5.09. The van der Waals surface area contributed by atoms with Crippen molar-refractivity contribution in [3.63, 3.8) is 0 Å². The Balaban J connectivity index is 1.83. The Labute approximate surface area is 191 Å². The first-order valence-electron chi connectivity index (χ1n) is 9.93. The summed E-state index contributed by atoms with van der Waals surface area (Å²) in [5, 5.41) is 4.24. The Morgan fingerprint density at radius 2 is 1.93 bits per heavy atom. The van der Waals surface area contributed by atoms with Gasteiger partial charge in [0.1, 0.15) is 0 Å². The lowest BCUT2D eigenvalue weighted by atomic mass is 9.96. The molecule has 1 aliphatic heterocycles. The normalized spacial score (nSPS) is 18.7. The van der Waals surface area contributed by atoms with Crippen LogP contribution in [0.15, 0.2) is 59.2 Å². The minimum atomic E-state index is -0.0429. The summed E-state index contributed by atoms with van der Waals surface area (Å²) in [5.74, 6) is 0. The molecule has 156 valence electrons. The summed E-state index contributed by atoms with van der Waals surface area (Å²) in [5.41, 5.74) is 5.72. The van der Waals surface area contributed by atoms with Gasteiger partial charge in [-0.25, -0.2) is 0 Å². The molecule has 1 aliphatic rings. The number of nitrogens with one attached hydrogen (secondary N) is 1. The molecule has 1 saturated heterocycles. The zero-order valence-corrected chi connectivity index (χ0v) is 19.7. The highest BCUT2D eigenvalue weighted by atomic mass is 79.9. The molecule has 0 radical (unpaired) electrons. The van der Waals surface area contributed by atoms with Gasteiger partial charge in [0.15, 0.2) is 5.11 Å². The number of benzene rings is 1. The van der Waals surface area contributed by atoms with Crippen LogP contribution in [0.4, 0.5) is 5.69 Å². The van der Waals surface area contributed by atoms with E-state index in [0.717, 1.165) is 22.4 Å². The predicted molar refractivity (Wildman–Crippen MR) is 128 cm³/mol. The third kappa shape index (κ3) is 3.89. The van der Waals surface area contributed by atoms with E-state index in [-0.39, 0.29) is 12.1 Å². The molecule has 4 rings (SSSR count). The van der Waals surface area contributed by atoms with Crippen LogP contribution < -0.4 is 10.2 Å². The second kappa shape index (κ2) is 8.88. The number of methoxy groups -OCH3 is 1. The first kappa shape index (κ1) is 21.0. The molecule has 0 saturated carbocycles. The molecule has 3 aromatic rings. The Hall–Kier alpha value is -2.22. The largest absolute Gasteiger partial charge is 0.383 e. The highest BCUT2D eigenvalue weighted by Crippen LogP contribution is 2.43. The molecule has 30 heavy (non-hydrogen) atoms. The number of aryl methyl sites for hydroxylation is 1. The number of ether oxygens (including phenoxy) is 1. The fourth-order valence-corrected chi connectivity index (χ4v) is 4.81. The smallest absolute Gasteiger partial charge is 0.174 e. The van der Waals surface area contributed by atoms with Gasteiger partial charge in [-0.3, -0.25) is 4.98 Å². The molecule has 5 nitrogen and oxygen atoms in total. The maximum Gasteiger partial charge on any atom is 0.174 e. The number of rotatable bonds is 6. The molecule has 0 bridgehead atoms. The van der Waals surface area contributed by atoms with Crippen molar-refractivity contribution in [2.75, 3.05) is 18.6 Å². The highest BCUT2D eigenvalue weighted by Gasteiger charge is 2.42. The van der Waals surface area contributed by atoms with Crippen molar-refractivity contribution >= 4 is 38.9 Å². The summed E-state index contributed by atoms with van der Waals surface area (Å²) in [6.45, 7) is 5.82. The molecular weight excluding hydrogens is 460 g/mol. The van der Waals surface area contributed by atoms with Crippen LogP contribution in [0.2, 0.25) is 0 Å². The van der Waals surface area contributed by atoms with Gasteiger partial charge in [-0.05, 0) is 74.1 Å². The number of hydrogen-bond acceptors (Lipinski definition) is 3. The molecule has 0 spiro atoms. The molecule has 1 aromatic carbocycles. The van der Waals surface area contributed by atoms with Crippen molar-refractivity contribution in [2.45, 2.75) is 32.5 Å². The third-order valence-electron chi connectivity index (χ3n) is 5.65. The Kier molecular flexibility index (Phi) is 6.22. The molecule has 0 amide bonds. The fraction of sp³-hybridized carbons (Fsp3) is 0.304. The lowest BCUT2D eigenvalue weighted by Crippen LogP contribution is -2.29. The van der Waals surface area contributed by atoms with Crippen LogP contribution in [-0.4, -0.2) is 28.4 Å². The van der Waals surface area contributed by atoms with Crippen LogP contribution in [0.1, 0.15) is 34.7 Å². The van der Waals surface area contributed by atoms with Crippen LogP contribution in [0.3, 0.4) is 0 Å². The van der Waals surface area contributed by atoms with Crippen molar-refractivity contribution in [1.29, 1.82) is 0 Å². The second-order valence-electron chi connectivity index (χ2n) is 7.44. The van der Waals surface area contributed by atoms with Gasteiger partial charge in [0.2, 0.25) is 0 Å². The lowest BCUT2D eigenvalue weighted by molar-refractivity contribution is 0.186. The number of nitrogens with zero attached hydrogens (tertiary/aromatic N) is 3. The Bertz CT molecular complexity index is 1040. The van der Waals surface area contributed by atoms with Gasteiger partial charge in [-0.15, -0.1) is 0 Å². The van der Waals surface area contributed by atoms with Crippen LogP contribution in [-0.2, 0) is 11.3 Å². The van der Waals surface area contributed by atoms with E-state index in [1.807, 2.05) is 30.5 Å². The van der Waals surface area contributed by atoms with Crippen LogP contribution in [0, 0.1) is 13.8 Å². The number of hydrogen-bond donors (Lipinski definition) is 1. The monoisotopic (exact) mass is 484 g/mol. The zero-order chi connectivity index (χ0) is 21.3. The van der Waals surface area contributed by atoms with Crippen LogP contribution in [0.25, 0.3) is 0 Å². The van der Waals surface area contributed by atoms with Gasteiger partial charge in [0.25, 0.3) is 0 Å². The molecule has 2 unspecified atom stereocenters. The van der Waals surface area contributed by atoms with Crippen LogP contribution >= 0.6 is 28.1 Å². The Morgan fingerprint density at radius 1 is 1.17 bits per heavy atom. The standard InChI is InChI=1S/C23H25BrN4OS/c1-15-14-19(16(2)27(15)12-13-29-3)22-21(20-6-4-5-11-25-20)26-23(30)28(22)18-9-7-17(24)8-10-18/h4-11,14,21-22H,12-13H2,1-3H3,(H,26,30). The van der Waals surface area contributed by atoms with E-state index < -0.39 is 0 Å². The van der Waals surface area contributed by atoms with Crippen molar-refractivity contribution < 1.29 is 4.74 Å². The first-order chi connectivity index (χ1) is 14.5. The number of pyridine rings is 1. The minimum absolute atomic E-state index is 0.00364. The molecule has 7 heteroatoms. The van der Waals surface area contributed by atoms with Gasteiger partial charge in [-0.2, -0.15) is 0 Å². The second-order valence-corrected chi connectivity index (χ2v) is 8.75. The summed E-state index contributed by atoms with van der Waals surface area (Å²) in [4.78, 5) is 6.85. The fourth-order valence-electron chi connectivity index (χ4n) is 4.20.